The first-order valence-electron chi connectivity index (χ1n) is 6.94. The number of hydrogen-bond acceptors (Lipinski definition) is 5. The van der Waals surface area contributed by atoms with Crippen LogP contribution in [0.25, 0.3) is 0 Å². The molecule has 0 fully saturated rings. The third-order valence-electron chi connectivity index (χ3n) is 2.78. The van der Waals surface area contributed by atoms with E-state index in [9.17, 15) is 9.59 Å². The van der Waals surface area contributed by atoms with Crippen LogP contribution in [0.5, 0.6) is 0 Å². The van der Waals surface area contributed by atoms with Crippen LogP contribution in [0.4, 0.5) is 0 Å². The van der Waals surface area contributed by atoms with E-state index in [4.69, 9.17) is 0 Å². The summed E-state index contributed by atoms with van der Waals surface area (Å²) >= 11 is 4.95. The smallest absolute Gasteiger partial charge is 0.261 e. The highest BCUT2D eigenvalue weighted by atomic mass is 32.2. The zero-order chi connectivity index (χ0) is 15.6. The van der Waals surface area contributed by atoms with Crippen LogP contribution in [0.1, 0.15) is 21.0 Å². The summed E-state index contributed by atoms with van der Waals surface area (Å²) in [5.41, 5.74) is 0. The fourth-order valence-electron chi connectivity index (χ4n) is 1.70. The Morgan fingerprint density at radius 3 is 2.59 bits per heavy atom. The average Bonchev–Trinajstić information content (AvgIpc) is 3.20. The van der Waals surface area contributed by atoms with Crippen LogP contribution in [-0.4, -0.2) is 30.7 Å². The lowest BCUT2D eigenvalue weighted by atomic mass is 10.3. The van der Waals surface area contributed by atoms with Crippen molar-refractivity contribution >= 4 is 46.2 Å². The van der Waals surface area contributed by atoms with Gasteiger partial charge in [0, 0.05) is 35.9 Å². The van der Waals surface area contributed by atoms with Crippen molar-refractivity contribution in [3.05, 3.63) is 44.8 Å². The van der Waals surface area contributed by atoms with Crippen LogP contribution in [-0.2, 0) is 10.5 Å². The Balaban J connectivity index is 1.48. The van der Waals surface area contributed by atoms with Gasteiger partial charge in [0.1, 0.15) is 0 Å². The minimum atomic E-state index is -0.116. The second-order valence-corrected chi connectivity index (χ2v) is 7.55. The average molecular weight is 355 g/mol. The van der Waals surface area contributed by atoms with Crippen molar-refractivity contribution in [2.75, 3.05) is 18.8 Å². The number of carbonyl (C=O) groups excluding carboxylic acids is 2. The van der Waals surface area contributed by atoms with Crippen LogP contribution in [0.2, 0.25) is 0 Å². The third kappa shape index (κ3) is 6.21. The van der Waals surface area contributed by atoms with Crippen molar-refractivity contribution in [2.24, 2.45) is 0 Å². The lowest BCUT2D eigenvalue weighted by Gasteiger charge is -2.06. The molecule has 0 saturated carbocycles. The molecule has 0 radical (unpaired) electrons. The number of thiophene rings is 2. The summed E-state index contributed by atoms with van der Waals surface area (Å²) in [6.45, 7) is 1.03. The third-order valence-corrected chi connectivity index (χ3v) is 5.71. The Morgan fingerprint density at radius 2 is 1.86 bits per heavy atom. The van der Waals surface area contributed by atoms with Crippen molar-refractivity contribution in [1.82, 2.24) is 10.6 Å². The van der Waals surface area contributed by atoms with Crippen molar-refractivity contribution in [3.8, 4) is 0 Å². The summed E-state index contributed by atoms with van der Waals surface area (Å²) in [4.78, 5) is 25.3. The van der Waals surface area contributed by atoms with Crippen molar-refractivity contribution in [3.63, 3.8) is 0 Å². The van der Waals surface area contributed by atoms with Crippen LogP contribution in [0, 0.1) is 0 Å². The molecule has 2 aromatic heterocycles. The maximum absolute atomic E-state index is 11.7. The molecule has 0 saturated heterocycles. The van der Waals surface area contributed by atoms with Gasteiger partial charge >= 0.3 is 0 Å². The first-order valence-corrected chi connectivity index (χ1v) is 9.85. The second kappa shape index (κ2) is 9.66. The maximum atomic E-state index is 11.7. The van der Waals surface area contributed by atoms with Crippen molar-refractivity contribution in [1.29, 1.82) is 0 Å². The predicted octanol–water partition coefficient (Wildman–Crippen LogP) is 2.98. The predicted molar refractivity (Wildman–Crippen MR) is 94.8 cm³/mol. The maximum Gasteiger partial charge on any atom is 0.261 e. The zero-order valence-electron chi connectivity index (χ0n) is 12.0. The molecule has 0 spiro atoms. The molecule has 0 unspecified atom stereocenters. The molecule has 22 heavy (non-hydrogen) atoms. The van der Waals surface area contributed by atoms with Gasteiger partial charge in [-0.1, -0.05) is 12.1 Å². The Morgan fingerprint density at radius 1 is 1.05 bits per heavy atom. The van der Waals surface area contributed by atoms with Gasteiger partial charge in [-0.15, -0.1) is 22.7 Å². The van der Waals surface area contributed by atoms with Gasteiger partial charge < -0.3 is 10.6 Å². The summed E-state index contributed by atoms with van der Waals surface area (Å²) in [6.07, 6.45) is 0.312. The summed E-state index contributed by atoms with van der Waals surface area (Å²) in [5, 5.41) is 9.54. The molecule has 2 N–H and O–H groups in total. The monoisotopic (exact) mass is 354 g/mol. The summed E-state index contributed by atoms with van der Waals surface area (Å²) in [7, 11) is 0. The van der Waals surface area contributed by atoms with E-state index in [1.807, 2.05) is 29.3 Å². The number of amides is 2. The largest absolute Gasteiger partial charge is 0.355 e. The van der Waals surface area contributed by atoms with Gasteiger partial charge in [0.25, 0.3) is 5.91 Å². The summed E-state index contributed by atoms with van der Waals surface area (Å²) in [5.74, 6) is 1.74. The normalized spacial score (nSPS) is 10.4. The van der Waals surface area contributed by atoms with E-state index in [1.54, 1.807) is 17.4 Å². The number of rotatable bonds is 9. The Hall–Kier alpha value is -1.31. The number of hydrogen-bond donors (Lipinski definition) is 2. The molecule has 2 amide bonds. The molecule has 2 rings (SSSR count). The van der Waals surface area contributed by atoms with E-state index in [2.05, 4.69) is 22.1 Å². The Kier molecular flexibility index (Phi) is 7.48. The highest BCUT2D eigenvalue weighted by Gasteiger charge is 2.06. The molecule has 118 valence electrons. The molecule has 0 aliphatic carbocycles. The zero-order valence-corrected chi connectivity index (χ0v) is 14.5. The highest BCUT2D eigenvalue weighted by Crippen LogP contribution is 2.16. The van der Waals surface area contributed by atoms with E-state index in [-0.39, 0.29) is 11.8 Å². The van der Waals surface area contributed by atoms with Gasteiger partial charge in [0.2, 0.25) is 5.91 Å². The van der Waals surface area contributed by atoms with Crippen molar-refractivity contribution in [2.45, 2.75) is 12.2 Å². The first kappa shape index (κ1) is 17.1. The molecule has 0 aromatic carbocycles. The SMILES string of the molecule is O=C(CCNC(=O)c1cccs1)NCCSCc1cccs1. The molecule has 0 aliphatic heterocycles. The Labute approximate surface area is 142 Å². The molecular weight excluding hydrogens is 336 g/mol. The minimum Gasteiger partial charge on any atom is -0.355 e. The van der Waals surface area contributed by atoms with Gasteiger partial charge in [-0.3, -0.25) is 9.59 Å². The van der Waals surface area contributed by atoms with Gasteiger partial charge in [-0.05, 0) is 22.9 Å². The lowest BCUT2D eigenvalue weighted by molar-refractivity contribution is -0.120. The standard InChI is InChI=1S/C15H18N2O2S3/c18-14(5-6-17-15(19)13-4-2-9-22-13)16-7-10-20-11-12-3-1-8-21-12/h1-4,8-9H,5-7,10-11H2,(H,16,18)(H,17,19). The molecule has 4 nitrogen and oxygen atoms in total. The molecule has 0 bridgehead atoms. The molecule has 0 aliphatic rings. The van der Waals surface area contributed by atoms with Crippen molar-refractivity contribution < 1.29 is 9.59 Å². The van der Waals surface area contributed by atoms with Crippen LogP contribution in [0.15, 0.2) is 35.0 Å². The number of nitrogens with one attached hydrogen (secondary N) is 2. The van der Waals surface area contributed by atoms with Crippen LogP contribution < -0.4 is 10.6 Å². The minimum absolute atomic E-state index is 0.0248. The lowest BCUT2D eigenvalue weighted by Crippen LogP contribution is -2.31. The molecule has 0 atom stereocenters. The molecule has 2 aromatic rings. The Bertz CT molecular complexity index is 568. The number of carbonyl (C=O) groups is 2. The van der Waals surface area contributed by atoms with E-state index in [0.29, 0.717) is 24.4 Å². The van der Waals surface area contributed by atoms with E-state index in [0.717, 1.165) is 11.5 Å². The first-order chi connectivity index (χ1) is 10.8. The van der Waals surface area contributed by atoms with E-state index in [1.165, 1.54) is 16.2 Å². The van der Waals surface area contributed by atoms with Gasteiger partial charge in [0.05, 0.1) is 4.88 Å². The van der Waals surface area contributed by atoms with E-state index >= 15 is 0 Å². The van der Waals surface area contributed by atoms with Crippen LogP contribution >= 0.6 is 34.4 Å². The fourth-order valence-corrected chi connectivity index (χ4v) is 4.04. The van der Waals surface area contributed by atoms with Crippen LogP contribution in [0.3, 0.4) is 0 Å². The molecule has 7 heteroatoms. The summed E-state index contributed by atoms with van der Waals surface area (Å²) < 4.78 is 0. The second-order valence-electron chi connectivity index (χ2n) is 4.47. The topological polar surface area (TPSA) is 58.2 Å². The molecule has 2 heterocycles. The summed E-state index contributed by atoms with van der Waals surface area (Å²) in [6, 6.07) is 7.77. The van der Waals surface area contributed by atoms with Gasteiger partial charge in [-0.25, -0.2) is 0 Å². The fraction of sp³-hybridized carbons (Fsp3) is 0.333. The van der Waals surface area contributed by atoms with Gasteiger partial charge in [0.15, 0.2) is 0 Å². The quantitative estimate of drug-likeness (QED) is 0.681. The highest BCUT2D eigenvalue weighted by molar-refractivity contribution is 7.98. The van der Waals surface area contributed by atoms with Gasteiger partial charge in [-0.2, -0.15) is 11.8 Å². The van der Waals surface area contributed by atoms with E-state index < -0.39 is 0 Å². The molecular formula is C15H18N2O2S3. The number of thioether (sulfide) groups is 1.